The highest BCUT2D eigenvalue weighted by Gasteiger charge is 2.13. The van der Waals surface area contributed by atoms with Gasteiger partial charge in [0.25, 0.3) is 0 Å². The Morgan fingerprint density at radius 3 is 3.00 bits per heavy atom. The van der Waals surface area contributed by atoms with Crippen LogP contribution in [0, 0.1) is 0 Å². The Morgan fingerprint density at radius 1 is 1.60 bits per heavy atom. The van der Waals surface area contributed by atoms with Gasteiger partial charge in [-0.1, -0.05) is 11.6 Å². The lowest BCUT2D eigenvalue weighted by molar-refractivity contribution is 0.0594. The summed E-state index contributed by atoms with van der Waals surface area (Å²) in [6, 6.07) is 1.47. The molecule has 0 spiro atoms. The number of halogens is 1. The van der Waals surface area contributed by atoms with Gasteiger partial charge in [0.15, 0.2) is 11.3 Å². The molecule has 0 aliphatic rings. The van der Waals surface area contributed by atoms with Crippen molar-refractivity contribution >= 4 is 28.6 Å². The fourth-order valence-corrected chi connectivity index (χ4v) is 1.52. The third-order valence-corrected chi connectivity index (χ3v) is 2.36. The summed E-state index contributed by atoms with van der Waals surface area (Å²) in [5.41, 5.74) is 0.738. The molecular formula is C9H8ClN3O2. The molecule has 0 saturated carbocycles. The van der Waals surface area contributed by atoms with Gasteiger partial charge in [-0.05, 0) is 6.07 Å². The molecule has 78 valence electrons. The van der Waals surface area contributed by atoms with E-state index in [1.807, 2.05) is 0 Å². The van der Waals surface area contributed by atoms with E-state index < -0.39 is 5.97 Å². The second-order valence-electron chi connectivity index (χ2n) is 2.99. The Balaban J connectivity index is 2.70. The van der Waals surface area contributed by atoms with Crippen LogP contribution in [0.15, 0.2) is 12.3 Å². The standard InChI is InChI=1S/C9H8ClN3O2/c1-13-8-5(4-11-13)6(10)3-7(12-8)9(14)15-2/h3-4H,1-2H3. The van der Waals surface area contributed by atoms with E-state index in [2.05, 4.69) is 14.8 Å². The lowest BCUT2D eigenvalue weighted by Crippen LogP contribution is -2.05. The predicted molar refractivity (Wildman–Crippen MR) is 54.9 cm³/mol. The van der Waals surface area contributed by atoms with Crippen LogP contribution in [0.1, 0.15) is 10.5 Å². The minimum atomic E-state index is -0.514. The minimum absolute atomic E-state index is 0.179. The first-order chi connectivity index (χ1) is 7.13. The number of rotatable bonds is 1. The first-order valence-electron chi connectivity index (χ1n) is 4.20. The van der Waals surface area contributed by atoms with E-state index in [9.17, 15) is 4.79 Å². The van der Waals surface area contributed by atoms with Crippen molar-refractivity contribution in [2.75, 3.05) is 7.11 Å². The number of nitrogens with zero attached hydrogens (tertiary/aromatic N) is 3. The van der Waals surface area contributed by atoms with Crippen LogP contribution in [0.4, 0.5) is 0 Å². The van der Waals surface area contributed by atoms with Crippen LogP contribution in [0.25, 0.3) is 11.0 Å². The fraction of sp³-hybridized carbons (Fsp3) is 0.222. The van der Waals surface area contributed by atoms with E-state index in [1.165, 1.54) is 13.2 Å². The molecule has 0 atom stereocenters. The van der Waals surface area contributed by atoms with Crippen molar-refractivity contribution in [1.29, 1.82) is 0 Å². The molecule has 5 nitrogen and oxygen atoms in total. The smallest absolute Gasteiger partial charge is 0.356 e. The van der Waals surface area contributed by atoms with Gasteiger partial charge in [0.1, 0.15) is 0 Å². The van der Waals surface area contributed by atoms with Crippen LogP contribution >= 0.6 is 11.6 Å². The van der Waals surface area contributed by atoms with Gasteiger partial charge >= 0.3 is 5.97 Å². The van der Waals surface area contributed by atoms with Crippen LogP contribution in [0.2, 0.25) is 5.02 Å². The Morgan fingerprint density at radius 2 is 2.33 bits per heavy atom. The Bertz CT molecular complexity index is 535. The Labute approximate surface area is 90.6 Å². The van der Waals surface area contributed by atoms with Crippen molar-refractivity contribution in [2.45, 2.75) is 0 Å². The summed E-state index contributed by atoms with van der Waals surface area (Å²) in [7, 11) is 3.03. The van der Waals surface area contributed by atoms with Gasteiger partial charge < -0.3 is 4.74 Å². The number of carbonyl (C=O) groups excluding carboxylic acids is 1. The summed E-state index contributed by atoms with van der Waals surface area (Å²) in [6.45, 7) is 0. The monoisotopic (exact) mass is 225 g/mol. The summed E-state index contributed by atoms with van der Waals surface area (Å²) in [5, 5.41) is 5.15. The average Bonchev–Trinajstić information content (AvgIpc) is 2.60. The minimum Gasteiger partial charge on any atom is -0.464 e. The molecule has 2 heterocycles. The number of aryl methyl sites for hydroxylation is 1. The van der Waals surface area contributed by atoms with E-state index in [0.717, 1.165) is 0 Å². The van der Waals surface area contributed by atoms with Gasteiger partial charge in [-0.15, -0.1) is 0 Å². The number of fused-ring (bicyclic) bond motifs is 1. The zero-order chi connectivity index (χ0) is 11.0. The fourth-order valence-electron chi connectivity index (χ4n) is 1.29. The first kappa shape index (κ1) is 9.92. The maximum Gasteiger partial charge on any atom is 0.356 e. The molecule has 0 bridgehead atoms. The third kappa shape index (κ3) is 1.55. The number of ether oxygens (including phenoxy) is 1. The number of esters is 1. The largest absolute Gasteiger partial charge is 0.464 e. The molecular weight excluding hydrogens is 218 g/mol. The SMILES string of the molecule is COC(=O)c1cc(Cl)c2cnn(C)c2n1. The van der Waals surface area contributed by atoms with Gasteiger partial charge in [0, 0.05) is 7.05 Å². The molecule has 0 amide bonds. The predicted octanol–water partition coefficient (Wildman–Crippen LogP) is 1.41. The van der Waals surface area contributed by atoms with E-state index in [-0.39, 0.29) is 5.69 Å². The molecule has 0 N–H and O–H groups in total. The Kier molecular flexibility index (Phi) is 2.32. The molecule has 0 aromatic carbocycles. The van der Waals surface area contributed by atoms with Crippen LogP contribution in [0.3, 0.4) is 0 Å². The number of hydrogen-bond donors (Lipinski definition) is 0. The van der Waals surface area contributed by atoms with Crippen LogP contribution in [-0.4, -0.2) is 27.8 Å². The molecule has 0 unspecified atom stereocenters. The second kappa shape index (κ2) is 3.51. The van der Waals surface area contributed by atoms with Gasteiger partial charge in [0.2, 0.25) is 0 Å². The molecule has 0 radical (unpaired) electrons. The van der Waals surface area contributed by atoms with Crippen LogP contribution in [-0.2, 0) is 11.8 Å². The van der Waals surface area contributed by atoms with Crippen molar-refractivity contribution < 1.29 is 9.53 Å². The Hall–Kier alpha value is -1.62. The summed E-state index contributed by atoms with van der Waals surface area (Å²) in [5.74, 6) is -0.514. The molecule has 2 rings (SSSR count). The summed E-state index contributed by atoms with van der Waals surface area (Å²) in [4.78, 5) is 15.4. The van der Waals surface area contributed by atoms with Gasteiger partial charge in [-0.2, -0.15) is 5.10 Å². The van der Waals surface area contributed by atoms with E-state index in [0.29, 0.717) is 16.1 Å². The molecule has 0 aliphatic carbocycles. The van der Waals surface area contributed by atoms with Crippen molar-refractivity contribution in [3.8, 4) is 0 Å². The summed E-state index contributed by atoms with van der Waals surface area (Å²) < 4.78 is 6.12. The van der Waals surface area contributed by atoms with Crippen molar-refractivity contribution in [3.05, 3.63) is 23.0 Å². The number of aromatic nitrogens is 3. The third-order valence-electron chi connectivity index (χ3n) is 2.05. The zero-order valence-corrected chi connectivity index (χ0v) is 8.95. The summed E-state index contributed by atoms with van der Waals surface area (Å²) in [6.07, 6.45) is 1.60. The maximum absolute atomic E-state index is 11.3. The average molecular weight is 226 g/mol. The van der Waals surface area contributed by atoms with Gasteiger partial charge in [-0.25, -0.2) is 9.78 Å². The normalized spacial score (nSPS) is 10.6. The first-order valence-corrected chi connectivity index (χ1v) is 4.58. The van der Waals surface area contributed by atoms with E-state index in [1.54, 1.807) is 17.9 Å². The topological polar surface area (TPSA) is 57.0 Å². The van der Waals surface area contributed by atoms with E-state index >= 15 is 0 Å². The molecule has 0 aliphatic heterocycles. The quantitative estimate of drug-likeness (QED) is 0.689. The lowest BCUT2D eigenvalue weighted by atomic mass is 10.3. The van der Waals surface area contributed by atoms with Crippen molar-refractivity contribution in [1.82, 2.24) is 14.8 Å². The van der Waals surface area contributed by atoms with Crippen LogP contribution in [0.5, 0.6) is 0 Å². The second-order valence-corrected chi connectivity index (χ2v) is 3.39. The summed E-state index contributed by atoms with van der Waals surface area (Å²) >= 11 is 5.98. The van der Waals surface area contributed by atoms with E-state index in [4.69, 9.17) is 11.6 Å². The molecule has 0 fully saturated rings. The van der Waals surface area contributed by atoms with Gasteiger partial charge in [0.05, 0.1) is 23.7 Å². The number of hydrogen-bond acceptors (Lipinski definition) is 4. The highest BCUT2D eigenvalue weighted by molar-refractivity contribution is 6.35. The van der Waals surface area contributed by atoms with Gasteiger partial charge in [-0.3, -0.25) is 4.68 Å². The number of pyridine rings is 1. The van der Waals surface area contributed by atoms with Crippen LogP contribution < -0.4 is 0 Å². The zero-order valence-electron chi connectivity index (χ0n) is 8.19. The molecule has 2 aromatic heterocycles. The highest BCUT2D eigenvalue weighted by atomic mass is 35.5. The van der Waals surface area contributed by atoms with Crippen molar-refractivity contribution in [2.24, 2.45) is 7.05 Å². The highest BCUT2D eigenvalue weighted by Crippen LogP contribution is 2.22. The number of methoxy groups -OCH3 is 1. The maximum atomic E-state index is 11.3. The lowest BCUT2D eigenvalue weighted by Gasteiger charge is -2.00. The molecule has 2 aromatic rings. The number of carbonyl (C=O) groups is 1. The molecule has 6 heteroatoms. The molecule has 0 saturated heterocycles. The molecule has 15 heavy (non-hydrogen) atoms. The van der Waals surface area contributed by atoms with Crippen molar-refractivity contribution in [3.63, 3.8) is 0 Å².